The molecule has 3 rings (SSSR count). The van der Waals surface area contributed by atoms with E-state index in [9.17, 15) is 5.11 Å². The Morgan fingerprint density at radius 1 is 1.20 bits per heavy atom. The van der Waals surface area contributed by atoms with Crippen LogP contribution in [0.3, 0.4) is 0 Å². The molecule has 1 fully saturated rings. The summed E-state index contributed by atoms with van der Waals surface area (Å²) in [7, 11) is 0. The number of benzene rings is 1. The minimum Gasteiger partial charge on any atom is -0.508 e. The zero-order valence-electron chi connectivity index (χ0n) is 11.0. The molecule has 0 saturated heterocycles. The number of nitrogen functional groups attached to an aromatic ring is 1. The normalized spacial score (nSPS) is 15.7. The number of nitrogens with two attached hydrogens (primary N) is 1. The van der Waals surface area contributed by atoms with Crippen LogP contribution in [0.2, 0.25) is 0 Å². The summed E-state index contributed by atoms with van der Waals surface area (Å²) in [5, 5.41) is 9.59. The highest BCUT2D eigenvalue weighted by molar-refractivity contribution is 14.1. The van der Waals surface area contributed by atoms with Gasteiger partial charge in [-0.25, -0.2) is 9.97 Å². The van der Waals surface area contributed by atoms with Crippen molar-refractivity contribution < 1.29 is 5.11 Å². The van der Waals surface area contributed by atoms with Crippen LogP contribution in [-0.4, -0.2) is 15.1 Å². The number of anilines is 1. The van der Waals surface area contributed by atoms with Gasteiger partial charge in [0.15, 0.2) is 5.82 Å². The maximum Gasteiger partial charge on any atom is 0.161 e. The van der Waals surface area contributed by atoms with E-state index in [-0.39, 0.29) is 5.75 Å². The Kier molecular flexibility index (Phi) is 3.78. The summed E-state index contributed by atoms with van der Waals surface area (Å²) in [5.41, 5.74) is 7.91. The smallest absolute Gasteiger partial charge is 0.161 e. The Labute approximate surface area is 131 Å². The summed E-state index contributed by atoms with van der Waals surface area (Å²) in [6.45, 7) is 0. The molecule has 2 aromatic rings. The lowest BCUT2D eigenvalue weighted by Crippen LogP contribution is -2.07. The van der Waals surface area contributed by atoms with E-state index in [1.807, 2.05) is 6.07 Å². The van der Waals surface area contributed by atoms with E-state index < -0.39 is 0 Å². The molecule has 0 atom stereocenters. The average molecular weight is 381 g/mol. The summed E-state index contributed by atoms with van der Waals surface area (Å²) in [6, 6.07) is 6.98. The van der Waals surface area contributed by atoms with E-state index in [0.717, 1.165) is 14.8 Å². The molecule has 5 heteroatoms. The van der Waals surface area contributed by atoms with Gasteiger partial charge in [0.1, 0.15) is 11.6 Å². The third kappa shape index (κ3) is 2.59. The van der Waals surface area contributed by atoms with Crippen LogP contribution in [0.15, 0.2) is 24.3 Å². The van der Waals surface area contributed by atoms with Crippen molar-refractivity contribution in [1.29, 1.82) is 0 Å². The fourth-order valence-corrected chi connectivity index (χ4v) is 3.41. The Morgan fingerprint density at radius 3 is 2.65 bits per heavy atom. The fraction of sp³-hybridized carbons (Fsp3) is 0.333. The van der Waals surface area contributed by atoms with Crippen molar-refractivity contribution >= 4 is 28.4 Å². The lowest BCUT2D eigenvalue weighted by Gasteiger charge is -2.14. The van der Waals surface area contributed by atoms with E-state index in [1.165, 1.54) is 25.7 Å². The van der Waals surface area contributed by atoms with Crippen molar-refractivity contribution in [3.05, 3.63) is 33.5 Å². The number of nitrogens with zero attached hydrogens (tertiary/aromatic N) is 2. The molecule has 0 amide bonds. The van der Waals surface area contributed by atoms with Crippen LogP contribution in [0.5, 0.6) is 5.75 Å². The van der Waals surface area contributed by atoms with E-state index in [4.69, 9.17) is 10.7 Å². The van der Waals surface area contributed by atoms with Gasteiger partial charge in [0, 0.05) is 11.5 Å². The monoisotopic (exact) mass is 381 g/mol. The second-order valence-electron chi connectivity index (χ2n) is 5.16. The van der Waals surface area contributed by atoms with Gasteiger partial charge >= 0.3 is 0 Å². The first kappa shape index (κ1) is 13.6. The highest BCUT2D eigenvalue weighted by Gasteiger charge is 2.23. The number of hydrogen-bond donors (Lipinski definition) is 2. The van der Waals surface area contributed by atoms with Crippen molar-refractivity contribution in [3.8, 4) is 17.1 Å². The first-order valence-corrected chi connectivity index (χ1v) is 7.85. The van der Waals surface area contributed by atoms with Gasteiger partial charge < -0.3 is 10.8 Å². The molecule has 1 aromatic carbocycles. The average Bonchev–Trinajstić information content (AvgIpc) is 2.95. The second-order valence-corrected chi connectivity index (χ2v) is 6.24. The van der Waals surface area contributed by atoms with Gasteiger partial charge in [0.2, 0.25) is 0 Å². The van der Waals surface area contributed by atoms with Crippen LogP contribution in [0.25, 0.3) is 11.4 Å². The van der Waals surface area contributed by atoms with Gasteiger partial charge in [-0.15, -0.1) is 0 Å². The molecule has 3 N–H and O–H groups in total. The van der Waals surface area contributed by atoms with Crippen LogP contribution >= 0.6 is 22.6 Å². The Morgan fingerprint density at radius 2 is 1.95 bits per heavy atom. The van der Waals surface area contributed by atoms with Crippen molar-refractivity contribution in [3.63, 3.8) is 0 Å². The number of aromatic hydroxyl groups is 1. The molecule has 4 nitrogen and oxygen atoms in total. The zero-order chi connectivity index (χ0) is 14.1. The maximum atomic E-state index is 9.59. The minimum atomic E-state index is 0.214. The largest absolute Gasteiger partial charge is 0.508 e. The second kappa shape index (κ2) is 5.55. The molecule has 104 valence electrons. The van der Waals surface area contributed by atoms with Crippen molar-refractivity contribution in [1.82, 2.24) is 9.97 Å². The van der Waals surface area contributed by atoms with Gasteiger partial charge in [0.05, 0.1) is 9.26 Å². The van der Waals surface area contributed by atoms with Gasteiger partial charge in [-0.2, -0.15) is 0 Å². The molecule has 1 saturated carbocycles. The lowest BCUT2D eigenvalue weighted by atomic mass is 10.0. The molecule has 1 aliphatic rings. The number of aromatic nitrogens is 2. The predicted molar refractivity (Wildman–Crippen MR) is 87.5 cm³/mol. The maximum absolute atomic E-state index is 9.59. The number of rotatable bonds is 2. The van der Waals surface area contributed by atoms with E-state index in [2.05, 4.69) is 27.6 Å². The third-order valence-electron chi connectivity index (χ3n) is 3.75. The van der Waals surface area contributed by atoms with E-state index >= 15 is 0 Å². The molecule has 0 unspecified atom stereocenters. The molecule has 1 heterocycles. The highest BCUT2D eigenvalue weighted by atomic mass is 127. The summed E-state index contributed by atoms with van der Waals surface area (Å²) in [4.78, 5) is 9.08. The van der Waals surface area contributed by atoms with Crippen LogP contribution in [0.4, 0.5) is 5.82 Å². The number of phenolic OH excluding ortho intramolecular Hbond substituents is 1. The van der Waals surface area contributed by atoms with Crippen LogP contribution < -0.4 is 5.73 Å². The van der Waals surface area contributed by atoms with Gasteiger partial charge in [-0.3, -0.25) is 0 Å². The summed E-state index contributed by atoms with van der Waals surface area (Å²) < 4.78 is 0.971. The zero-order valence-corrected chi connectivity index (χ0v) is 13.2. The first-order chi connectivity index (χ1) is 9.65. The quantitative estimate of drug-likeness (QED) is 0.779. The summed E-state index contributed by atoms with van der Waals surface area (Å²) in [5.74, 6) is 1.83. The number of phenols is 1. The van der Waals surface area contributed by atoms with Crippen molar-refractivity contribution in [2.75, 3.05) is 5.73 Å². The SMILES string of the molecule is Nc1nc(-c2cccc(O)c2)nc(C2CCCC2)c1I. The molecule has 0 radical (unpaired) electrons. The molecule has 1 aliphatic carbocycles. The van der Waals surface area contributed by atoms with Crippen LogP contribution in [0.1, 0.15) is 37.3 Å². The third-order valence-corrected chi connectivity index (χ3v) is 4.85. The number of halogens is 1. The molecule has 0 spiro atoms. The van der Waals surface area contributed by atoms with Crippen LogP contribution in [0, 0.1) is 3.57 Å². The summed E-state index contributed by atoms with van der Waals surface area (Å²) in [6.07, 6.45) is 4.86. The van der Waals surface area contributed by atoms with Crippen LogP contribution in [-0.2, 0) is 0 Å². The minimum absolute atomic E-state index is 0.214. The summed E-state index contributed by atoms with van der Waals surface area (Å²) >= 11 is 2.24. The van der Waals surface area contributed by atoms with Crippen molar-refractivity contribution in [2.45, 2.75) is 31.6 Å². The molecule has 20 heavy (non-hydrogen) atoms. The molecule has 0 aliphatic heterocycles. The lowest BCUT2D eigenvalue weighted by molar-refractivity contribution is 0.475. The number of hydrogen-bond acceptors (Lipinski definition) is 4. The van der Waals surface area contributed by atoms with Gasteiger partial charge in [-0.05, 0) is 47.6 Å². The highest BCUT2D eigenvalue weighted by Crippen LogP contribution is 2.37. The molecule has 0 bridgehead atoms. The predicted octanol–water partition coefficient (Wildman–Crippen LogP) is 3.69. The molecular formula is C15H16IN3O. The van der Waals surface area contributed by atoms with Gasteiger partial charge in [0.25, 0.3) is 0 Å². The van der Waals surface area contributed by atoms with Gasteiger partial charge in [-0.1, -0.05) is 25.0 Å². The Balaban J connectivity index is 2.08. The topological polar surface area (TPSA) is 72.0 Å². The standard InChI is InChI=1S/C15H16IN3O/c16-12-13(9-4-1-2-5-9)18-15(19-14(12)17)10-6-3-7-11(20)8-10/h3,6-9,20H,1-2,4-5H2,(H2,17,18,19). The van der Waals surface area contributed by atoms with Crippen molar-refractivity contribution in [2.24, 2.45) is 0 Å². The first-order valence-electron chi connectivity index (χ1n) is 6.77. The van der Waals surface area contributed by atoms with E-state index in [0.29, 0.717) is 17.6 Å². The Bertz CT molecular complexity index is 639. The fourth-order valence-electron chi connectivity index (χ4n) is 2.73. The van der Waals surface area contributed by atoms with E-state index in [1.54, 1.807) is 18.2 Å². The molecular weight excluding hydrogens is 365 g/mol. The molecule has 1 aromatic heterocycles. The Hall–Kier alpha value is -1.37.